The summed E-state index contributed by atoms with van der Waals surface area (Å²) in [5, 5.41) is 3.88. The Hall–Kier alpha value is -1.67. The van der Waals surface area contributed by atoms with Crippen LogP contribution in [0.15, 0.2) is 42.5 Å². The van der Waals surface area contributed by atoms with E-state index in [0.29, 0.717) is 10.7 Å². The van der Waals surface area contributed by atoms with E-state index >= 15 is 0 Å². The van der Waals surface area contributed by atoms with Gasteiger partial charge in [-0.15, -0.1) is 0 Å². The molecule has 0 saturated heterocycles. The van der Waals surface area contributed by atoms with E-state index < -0.39 is 0 Å². The second-order valence-corrected chi connectivity index (χ2v) is 4.05. The Balaban J connectivity index is 2.38. The van der Waals surface area contributed by atoms with Gasteiger partial charge in [0.2, 0.25) is 0 Å². The highest BCUT2D eigenvalue weighted by Crippen LogP contribution is 2.31. The molecule has 2 rings (SSSR count). The van der Waals surface area contributed by atoms with Crippen molar-refractivity contribution in [3.8, 4) is 0 Å². The van der Waals surface area contributed by atoms with Crippen molar-refractivity contribution >= 4 is 28.7 Å². The first kappa shape index (κ1) is 10.8. The van der Waals surface area contributed by atoms with Crippen molar-refractivity contribution < 1.29 is 0 Å². The lowest BCUT2D eigenvalue weighted by Crippen LogP contribution is -1.98. The molecule has 0 aromatic heterocycles. The van der Waals surface area contributed by atoms with Gasteiger partial charge in [0.25, 0.3) is 0 Å². The van der Waals surface area contributed by atoms with E-state index in [1.807, 2.05) is 49.4 Å². The molecule has 0 saturated carbocycles. The number of nitrogen functional groups attached to an aromatic ring is 1. The van der Waals surface area contributed by atoms with Crippen molar-refractivity contribution in [2.45, 2.75) is 6.92 Å². The van der Waals surface area contributed by atoms with Crippen LogP contribution in [0.5, 0.6) is 0 Å². The molecule has 2 aromatic rings. The zero-order valence-electron chi connectivity index (χ0n) is 9.00. The largest absolute Gasteiger partial charge is 0.397 e. The lowest BCUT2D eigenvalue weighted by atomic mass is 10.2. The molecular formula is C13H13ClN2. The van der Waals surface area contributed by atoms with Crippen LogP contribution in [0.4, 0.5) is 17.1 Å². The predicted molar refractivity (Wildman–Crippen MR) is 70.3 cm³/mol. The van der Waals surface area contributed by atoms with Crippen LogP contribution in [-0.4, -0.2) is 0 Å². The van der Waals surface area contributed by atoms with Gasteiger partial charge in [0.1, 0.15) is 0 Å². The van der Waals surface area contributed by atoms with E-state index in [2.05, 4.69) is 5.32 Å². The summed E-state index contributed by atoms with van der Waals surface area (Å²) in [4.78, 5) is 0. The number of hydrogen-bond donors (Lipinski definition) is 2. The van der Waals surface area contributed by atoms with Crippen LogP contribution in [-0.2, 0) is 0 Å². The number of anilines is 3. The Bertz CT molecular complexity index is 489. The van der Waals surface area contributed by atoms with Gasteiger partial charge < -0.3 is 11.1 Å². The number of nitrogens with one attached hydrogen (secondary N) is 1. The number of aryl methyl sites for hydroxylation is 1. The van der Waals surface area contributed by atoms with Gasteiger partial charge in [0.05, 0.1) is 16.4 Å². The highest BCUT2D eigenvalue weighted by Gasteiger charge is 2.05. The van der Waals surface area contributed by atoms with Gasteiger partial charge in [-0.2, -0.15) is 0 Å². The maximum atomic E-state index is 6.09. The lowest BCUT2D eigenvalue weighted by Gasteiger charge is -2.12. The summed E-state index contributed by atoms with van der Waals surface area (Å²) in [6.07, 6.45) is 0. The molecule has 0 spiro atoms. The second kappa shape index (κ2) is 4.45. The summed E-state index contributed by atoms with van der Waals surface area (Å²) in [6.45, 7) is 2.04. The molecule has 2 nitrogen and oxygen atoms in total. The molecule has 0 radical (unpaired) electrons. The third-order valence-corrected chi connectivity index (χ3v) is 2.77. The maximum Gasteiger partial charge on any atom is 0.0807 e. The standard InChI is InChI=1S/C13H13ClN2/c1-9-5-2-3-8-12(9)16-13-10(14)6-4-7-11(13)15/h2-8,16H,15H2,1H3. The molecular weight excluding hydrogens is 220 g/mol. The van der Waals surface area contributed by atoms with Gasteiger partial charge >= 0.3 is 0 Å². The van der Waals surface area contributed by atoms with E-state index in [9.17, 15) is 0 Å². The first-order valence-corrected chi connectivity index (χ1v) is 5.43. The van der Waals surface area contributed by atoms with E-state index in [4.69, 9.17) is 17.3 Å². The zero-order chi connectivity index (χ0) is 11.5. The number of halogens is 1. The Morgan fingerprint density at radius 2 is 1.81 bits per heavy atom. The van der Waals surface area contributed by atoms with Crippen LogP contribution in [0.3, 0.4) is 0 Å². The molecule has 0 fully saturated rings. The molecule has 0 aliphatic carbocycles. The van der Waals surface area contributed by atoms with Crippen LogP contribution in [0.1, 0.15) is 5.56 Å². The minimum absolute atomic E-state index is 0.628. The molecule has 0 atom stereocenters. The summed E-state index contributed by atoms with van der Waals surface area (Å²) >= 11 is 6.09. The fourth-order valence-corrected chi connectivity index (χ4v) is 1.75. The Morgan fingerprint density at radius 1 is 1.06 bits per heavy atom. The van der Waals surface area contributed by atoms with Crippen molar-refractivity contribution in [3.63, 3.8) is 0 Å². The van der Waals surface area contributed by atoms with Crippen molar-refractivity contribution in [3.05, 3.63) is 53.1 Å². The third kappa shape index (κ3) is 2.12. The monoisotopic (exact) mass is 232 g/mol. The second-order valence-electron chi connectivity index (χ2n) is 3.64. The van der Waals surface area contributed by atoms with Gasteiger partial charge in [0.15, 0.2) is 0 Å². The quantitative estimate of drug-likeness (QED) is 0.769. The van der Waals surface area contributed by atoms with Gasteiger partial charge in [0, 0.05) is 5.69 Å². The molecule has 0 heterocycles. The maximum absolute atomic E-state index is 6.09. The molecule has 0 bridgehead atoms. The summed E-state index contributed by atoms with van der Waals surface area (Å²) < 4.78 is 0. The highest BCUT2D eigenvalue weighted by atomic mass is 35.5. The number of hydrogen-bond acceptors (Lipinski definition) is 2. The number of rotatable bonds is 2. The average Bonchev–Trinajstić information content (AvgIpc) is 2.26. The van der Waals surface area contributed by atoms with Crippen molar-refractivity contribution in [1.29, 1.82) is 0 Å². The lowest BCUT2D eigenvalue weighted by molar-refractivity contribution is 1.43. The first-order chi connectivity index (χ1) is 7.68. The number of nitrogens with two attached hydrogens (primary N) is 1. The van der Waals surface area contributed by atoms with Crippen LogP contribution in [0.2, 0.25) is 5.02 Å². The normalized spacial score (nSPS) is 10.1. The fraction of sp³-hybridized carbons (Fsp3) is 0.0769. The minimum Gasteiger partial charge on any atom is -0.397 e. The Kier molecular flexibility index (Phi) is 3.02. The van der Waals surface area contributed by atoms with Crippen LogP contribution >= 0.6 is 11.6 Å². The average molecular weight is 233 g/mol. The van der Waals surface area contributed by atoms with Crippen LogP contribution < -0.4 is 11.1 Å². The molecule has 2 aromatic carbocycles. The van der Waals surface area contributed by atoms with Gasteiger partial charge in [-0.25, -0.2) is 0 Å². The fourth-order valence-electron chi connectivity index (χ4n) is 1.52. The van der Waals surface area contributed by atoms with Crippen LogP contribution in [0, 0.1) is 6.92 Å². The Morgan fingerprint density at radius 3 is 2.50 bits per heavy atom. The van der Waals surface area contributed by atoms with Crippen molar-refractivity contribution in [1.82, 2.24) is 0 Å². The molecule has 0 amide bonds. The first-order valence-electron chi connectivity index (χ1n) is 5.05. The number of benzene rings is 2. The minimum atomic E-state index is 0.628. The summed E-state index contributed by atoms with van der Waals surface area (Å²) in [5.74, 6) is 0. The zero-order valence-corrected chi connectivity index (χ0v) is 9.75. The predicted octanol–water partition coefficient (Wildman–Crippen LogP) is 3.97. The Labute approximate surface area is 100 Å². The molecule has 3 heteroatoms. The number of para-hydroxylation sites is 2. The molecule has 16 heavy (non-hydrogen) atoms. The highest BCUT2D eigenvalue weighted by molar-refractivity contribution is 6.34. The van der Waals surface area contributed by atoms with E-state index in [1.165, 1.54) is 0 Å². The van der Waals surface area contributed by atoms with Crippen molar-refractivity contribution in [2.75, 3.05) is 11.1 Å². The SMILES string of the molecule is Cc1ccccc1Nc1c(N)cccc1Cl. The molecule has 0 aliphatic rings. The third-order valence-electron chi connectivity index (χ3n) is 2.45. The summed E-state index contributed by atoms with van der Waals surface area (Å²) in [5.41, 5.74) is 9.45. The molecule has 82 valence electrons. The van der Waals surface area contributed by atoms with Gasteiger partial charge in [-0.1, -0.05) is 35.9 Å². The van der Waals surface area contributed by atoms with Crippen molar-refractivity contribution in [2.24, 2.45) is 0 Å². The van der Waals surface area contributed by atoms with Gasteiger partial charge in [-0.3, -0.25) is 0 Å². The molecule has 0 unspecified atom stereocenters. The van der Waals surface area contributed by atoms with E-state index in [1.54, 1.807) is 0 Å². The van der Waals surface area contributed by atoms with Crippen LogP contribution in [0.25, 0.3) is 0 Å². The molecule has 3 N–H and O–H groups in total. The smallest absolute Gasteiger partial charge is 0.0807 e. The summed E-state index contributed by atoms with van der Waals surface area (Å²) in [6, 6.07) is 13.5. The van der Waals surface area contributed by atoms with E-state index in [0.717, 1.165) is 16.9 Å². The van der Waals surface area contributed by atoms with Gasteiger partial charge in [-0.05, 0) is 30.7 Å². The summed E-state index contributed by atoms with van der Waals surface area (Å²) in [7, 11) is 0. The molecule has 0 aliphatic heterocycles. The topological polar surface area (TPSA) is 38.0 Å². The van der Waals surface area contributed by atoms with E-state index in [-0.39, 0.29) is 0 Å².